The van der Waals surface area contributed by atoms with Crippen LogP contribution in [0.3, 0.4) is 0 Å². The highest BCUT2D eigenvalue weighted by atomic mass is 16.5. The highest BCUT2D eigenvalue weighted by molar-refractivity contribution is 5.27. The van der Waals surface area contributed by atoms with E-state index < -0.39 is 5.60 Å². The van der Waals surface area contributed by atoms with Gasteiger partial charge in [-0.05, 0) is 31.5 Å². The van der Waals surface area contributed by atoms with Crippen LogP contribution < -0.4 is 10.1 Å². The summed E-state index contributed by atoms with van der Waals surface area (Å²) in [4.78, 5) is 0. The van der Waals surface area contributed by atoms with E-state index in [1.54, 1.807) is 0 Å². The van der Waals surface area contributed by atoms with E-state index in [-0.39, 0.29) is 6.10 Å². The van der Waals surface area contributed by atoms with Gasteiger partial charge in [-0.2, -0.15) is 0 Å². The first-order valence-electron chi connectivity index (χ1n) is 6.84. The predicted molar refractivity (Wildman–Crippen MR) is 74.3 cm³/mol. The third-order valence-electron chi connectivity index (χ3n) is 3.16. The maximum atomic E-state index is 10.1. The van der Waals surface area contributed by atoms with Crippen molar-refractivity contribution in [1.29, 1.82) is 0 Å². The Labute approximate surface area is 114 Å². The smallest absolute Gasteiger partial charge is 0.119 e. The predicted octanol–water partition coefficient (Wildman–Crippen LogP) is 1.71. The van der Waals surface area contributed by atoms with Gasteiger partial charge in [0.2, 0.25) is 0 Å². The first-order valence-corrected chi connectivity index (χ1v) is 6.84. The molecule has 0 spiro atoms. The van der Waals surface area contributed by atoms with Crippen LogP contribution in [0.25, 0.3) is 0 Å². The van der Waals surface area contributed by atoms with Crippen LogP contribution in [-0.2, 0) is 11.3 Å². The molecule has 1 atom stereocenters. The zero-order valence-electron chi connectivity index (χ0n) is 11.7. The van der Waals surface area contributed by atoms with Crippen LogP contribution in [0, 0.1) is 0 Å². The quantitative estimate of drug-likeness (QED) is 0.822. The van der Waals surface area contributed by atoms with Gasteiger partial charge in [0.1, 0.15) is 11.4 Å². The molecule has 2 N–H and O–H groups in total. The maximum absolute atomic E-state index is 10.1. The molecule has 19 heavy (non-hydrogen) atoms. The number of hydrogen-bond acceptors (Lipinski definition) is 4. The number of rotatable bonds is 6. The summed E-state index contributed by atoms with van der Waals surface area (Å²) >= 11 is 0. The molecule has 1 heterocycles. The summed E-state index contributed by atoms with van der Waals surface area (Å²) in [5.74, 6) is 0.890. The second-order valence-electron chi connectivity index (χ2n) is 5.44. The molecule has 0 aliphatic carbocycles. The van der Waals surface area contributed by atoms with Gasteiger partial charge in [-0.25, -0.2) is 0 Å². The molecule has 0 bridgehead atoms. The van der Waals surface area contributed by atoms with Crippen molar-refractivity contribution >= 4 is 0 Å². The van der Waals surface area contributed by atoms with Gasteiger partial charge in [0, 0.05) is 26.1 Å². The number of benzene rings is 1. The molecular formula is C15H23NO3. The van der Waals surface area contributed by atoms with Gasteiger partial charge in [0.15, 0.2) is 0 Å². The van der Waals surface area contributed by atoms with Crippen LogP contribution in [0.5, 0.6) is 5.75 Å². The highest BCUT2D eigenvalue weighted by Crippen LogP contribution is 2.17. The largest absolute Gasteiger partial charge is 0.491 e. The summed E-state index contributed by atoms with van der Waals surface area (Å²) in [6.07, 6.45) is 0.904. The molecule has 4 nitrogen and oxygen atoms in total. The van der Waals surface area contributed by atoms with Crippen molar-refractivity contribution in [2.45, 2.75) is 38.5 Å². The van der Waals surface area contributed by atoms with E-state index >= 15 is 0 Å². The van der Waals surface area contributed by atoms with E-state index in [1.165, 1.54) is 5.56 Å². The molecule has 0 amide bonds. The topological polar surface area (TPSA) is 50.7 Å². The third-order valence-corrected chi connectivity index (χ3v) is 3.16. The summed E-state index contributed by atoms with van der Waals surface area (Å²) in [5.41, 5.74) is 0.486. The molecule has 106 valence electrons. The molecule has 0 aromatic heterocycles. The van der Waals surface area contributed by atoms with Crippen LogP contribution in [0.1, 0.15) is 25.8 Å². The monoisotopic (exact) mass is 265 g/mol. The normalized spacial score (nSPS) is 22.9. The van der Waals surface area contributed by atoms with Crippen LogP contribution in [0.2, 0.25) is 0 Å². The lowest BCUT2D eigenvalue weighted by atomic mass is 10.0. The van der Waals surface area contributed by atoms with Crippen molar-refractivity contribution in [3.63, 3.8) is 0 Å². The number of hydrogen-bond donors (Lipinski definition) is 2. The molecule has 0 radical (unpaired) electrons. The molecule has 1 aromatic carbocycles. The SMILES string of the molecule is CC(C)Oc1ccc(CNCC2(O)CCOC2)cc1. The molecule has 1 unspecified atom stereocenters. The first kappa shape index (κ1) is 14.3. The Morgan fingerprint density at radius 3 is 2.68 bits per heavy atom. The van der Waals surface area contributed by atoms with Gasteiger partial charge in [0.25, 0.3) is 0 Å². The van der Waals surface area contributed by atoms with Gasteiger partial charge in [-0.1, -0.05) is 12.1 Å². The zero-order valence-corrected chi connectivity index (χ0v) is 11.7. The van der Waals surface area contributed by atoms with Crippen molar-refractivity contribution in [2.75, 3.05) is 19.8 Å². The fourth-order valence-electron chi connectivity index (χ4n) is 2.13. The van der Waals surface area contributed by atoms with Crippen molar-refractivity contribution in [1.82, 2.24) is 5.32 Å². The minimum atomic E-state index is -0.694. The van der Waals surface area contributed by atoms with Gasteiger partial charge in [-0.3, -0.25) is 0 Å². The molecule has 4 heteroatoms. The molecule has 1 fully saturated rings. The standard InChI is InChI=1S/C15H23NO3/c1-12(2)19-14-5-3-13(4-6-14)9-16-10-15(17)7-8-18-11-15/h3-6,12,16-17H,7-11H2,1-2H3. The third kappa shape index (κ3) is 4.49. The van der Waals surface area contributed by atoms with Crippen LogP contribution in [-0.4, -0.2) is 36.6 Å². The molecule has 2 rings (SSSR count). The van der Waals surface area contributed by atoms with Crippen molar-refractivity contribution in [3.8, 4) is 5.75 Å². The summed E-state index contributed by atoms with van der Waals surface area (Å²) in [6.45, 7) is 6.42. The molecule has 0 saturated carbocycles. The van der Waals surface area contributed by atoms with E-state index in [0.29, 0.717) is 26.2 Å². The van der Waals surface area contributed by atoms with E-state index in [1.807, 2.05) is 38.1 Å². The number of ether oxygens (including phenoxy) is 2. The summed E-state index contributed by atoms with van der Waals surface area (Å²) in [6, 6.07) is 8.04. The highest BCUT2D eigenvalue weighted by Gasteiger charge is 2.31. The van der Waals surface area contributed by atoms with Crippen LogP contribution in [0.4, 0.5) is 0 Å². The van der Waals surface area contributed by atoms with Crippen molar-refractivity contribution in [2.24, 2.45) is 0 Å². The second kappa shape index (κ2) is 6.37. The Kier molecular flexibility index (Phi) is 4.80. The second-order valence-corrected chi connectivity index (χ2v) is 5.44. The lowest BCUT2D eigenvalue weighted by molar-refractivity contribution is 0.0268. The van der Waals surface area contributed by atoms with Crippen LogP contribution >= 0.6 is 0 Å². The summed E-state index contributed by atoms with van der Waals surface area (Å²) < 4.78 is 10.8. The molecule has 1 saturated heterocycles. The van der Waals surface area contributed by atoms with Gasteiger partial charge in [0.05, 0.1) is 12.7 Å². The Morgan fingerprint density at radius 1 is 1.37 bits per heavy atom. The van der Waals surface area contributed by atoms with E-state index in [9.17, 15) is 5.11 Å². The lowest BCUT2D eigenvalue weighted by Gasteiger charge is -2.20. The molecule has 1 aromatic rings. The first-order chi connectivity index (χ1) is 9.07. The molecular weight excluding hydrogens is 242 g/mol. The minimum absolute atomic E-state index is 0.195. The average Bonchev–Trinajstić information content (AvgIpc) is 2.78. The van der Waals surface area contributed by atoms with E-state index in [0.717, 1.165) is 12.3 Å². The zero-order chi connectivity index (χ0) is 13.7. The number of aliphatic hydroxyl groups is 1. The number of nitrogens with one attached hydrogen (secondary N) is 1. The summed E-state index contributed by atoms with van der Waals surface area (Å²) in [7, 11) is 0. The van der Waals surface area contributed by atoms with E-state index in [4.69, 9.17) is 9.47 Å². The Balaban J connectivity index is 1.76. The summed E-state index contributed by atoms with van der Waals surface area (Å²) in [5, 5.41) is 13.4. The fourth-order valence-corrected chi connectivity index (χ4v) is 2.13. The van der Waals surface area contributed by atoms with Gasteiger partial charge in [-0.15, -0.1) is 0 Å². The Hall–Kier alpha value is -1.10. The van der Waals surface area contributed by atoms with E-state index in [2.05, 4.69) is 5.32 Å². The van der Waals surface area contributed by atoms with Gasteiger partial charge >= 0.3 is 0 Å². The lowest BCUT2D eigenvalue weighted by Crippen LogP contribution is -2.40. The Morgan fingerprint density at radius 2 is 2.11 bits per heavy atom. The van der Waals surface area contributed by atoms with Gasteiger partial charge < -0.3 is 19.9 Å². The Bertz CT molecular complexity index is 383. The van der Waals surface area contributed by atoms with Crippen LogP contribution in [0.15, 0.2) is 24.3 Å². The fraction of sp³-hybridized carbons (Fsp3) is 0.600. The maximum Gasteiger partial charge on any atom is 0.119 e. The van der Waals surface area contributed by atoms with Crippen molar-refractivity contribution in [3.05, 3.63) is 29.8 Å². The minimum Gasteiger partial charge on any atom is -0.491 e. The van der Waals surface area contributed by atoms with Crippen molar-refractivity contribution < 1.29 is 14.6 Å². The average molecular weight is 265 g/mol. The molecule has 1 aliphatic rings. The molecule has 1 aliphatic heterocycles.